The zero-order valence-electron chi connectivity index (χ0n) is 10.6. The molecule has 1 atom stereocenters. The van der Waals surface area contributed by atoms with E-state index in [-0.39, 0.29) is 17.5 Å². The summed E-state index contributed by atoms with van der Waals surface area (Å²) in [5, 5.41) is 7.82. The summed E-state index contributed by atoms with van der Waals surface area (Å²) in [6.07, 6.45) is 2.37. The lowest BCUT2D eigenvalue weighted by Gasteiger charge is -2.27. The Morgan fingerprint density at radius 1 is 1.47 bits per heavy atom. The third kappa shape index (κ3) is 2.14. The van der Waals surface area contributed by atoms with E-state index in [1.807, 2.05) is 24.1 Å². The Kier molecular flexibility index (Phi) is 2.67. The van der Waals surface area contributed by atoms with Gasteiger partial charge in [-0.1, -0.05) is 0 Å². The summed E-state index contributed by atoms with van der Waals surface area (Å²) >= 11 is 0. The number of hydrogen-bond donors (Lipinski definition) is 2. The van der Waals surface area contributed by atoms with Crippen molar-refractivity contribution in [2.45, 2.75) is 12.5 Å². The van der Waals surface area contributed by atoms with E-state index in [1.54, 1.807) is 6.20 Å². The van der Waals surface area contributed by atoms with Gasteiger partial charge in [-0.25, -0.2) is 8.42 Å². The predicted molar refractivity (Wildman–Crippen MR) is 76.0 cm³/mol. The zero-order valence-corrected chi connectivity index (χ0v) is 11.4. The van der Waals surface area contributed by atoms with Crippen molar-refractivity contribution < 1.29 is 8.42 Å². The maximum absolute atomic E-state index is 11.6. The fourth-order valence-corrected chi connectivity index (χ4v) is 4.35. The van der Waals surface area contributed by atoms with Crippen LogP contribution in [0.3, 0.4) is 0 Å². The number of nitrogens with zero attached hydrogens (tertiary/aromatic N) is 2. The number of H-pyrrole nitrogens is 1. The van der Waals surface area contributed by atoms with Gasteiger partial charge in [0.2, 0.25) is 0 Å². The van der Waals surface area contributed by atoms with Crippen LogP contribution in [0.2, 0.25) is 0 Å². The normalized spacial score (nSPS) is 21.8. The van der Waals surface area contributed by atoms with Crippen molar-refractivity contribution in [2.75, 3.05) is 29.2 Å². The van der Waals surface area contributed by atoms with Crippen molar-refractivity contribution in [1.29, 1.82) is 0 Å². The molecule has 1 aliphatic rings. The van der Waals surface area contributed by atoms with E-state index in [0.29, 0.717) is 12.1 Å². The summed E-state index contributed by atoms with van der Waals surface area (Å²) < 4.78 is 23.1. The van der Waals surface area contributed by atoms with Crippen molar-refractivity contribution in [3.63, 3.8) is 0 Å². The van der Waals surface area contributed by atoms with Crippen molar-refractivity contribution >= 4 is 32.1 Å². The second kappa shape index (κ2) is 4.12. The summed E-state index contributed by atoms with van der Waals surface area (Å²) in [5.41, 5.74) is 8.43. The number of sulfone groups is 1. The van der Waals surface area contributed by atoms with E-state index in [1.165, 1.54) is 0 Å². The Labute approximate surface area is 111 Å². The molecule has 1 aliphatic heterocycles. The van der Waals surface area contributed by atoms with Gasteiger partial charge in [0.1, 0.15) is 0 Å². The molecule has 0 aliphatic carbocycles. The lowest BCUT2D eigenvalue weighted by Crippen LogP contribution is -2.33. The Morgan fingerprint density at radius 3 is 2.95 bits per heavy atom. The molecule has 7 heteroatoms. The Morgan fingerprint density at radius 2 is 2.26 bits per heavy atom. The van der Waals surface area contributed by atoms with Crippen molar-refractivity contribution in [3.05, 3.63) is 18.3 Å². The first-order chi connectivity index (χ1) is 8.96. The smallest absolute Gasteiger partial charge is 0.152 e. The molecule has 0 saturated carbocycles. The zero-order chi connectivity index (χ0) is 13.6. The van der Waals surface area contributed by atoms with Gasteiger partial charge in [-0.05, 0) is 18.6 Å². The second-order valence-corrected chi connectivity index (χ2v) is 7.26. The Hall–Kier alpha value is -1.76. The van der Waals surface area contributed by atoms with Gasteiger partial charge >= 0.3 is 0 Å². The standard InChI is InChI=1S/C12H16N4O2S/c1-16(9-2-3-19(17,18)7-9)12-5-11-8(4-10(12)13)6-14-15-11/h4-6,9H,2-3,7,13H2,1H3,(H,14,15). The van der Waals surface area contributed by atoms with Crippen LogP contribution in [0.25, 0.3) is 10.9 Å². The van der Waals surface area contributed by atoms with Crippen molar-refractivity contribution in [2.24, 2.45) is 0 Å². The number of rotatable bonds is 2. The molecule has 19 heavy (non-hydrogen) atoms. The molecule has 1 saturated heterocycles. The van der Waals surface area contributed by atoms with Crippen LogP contribution in [0.4, 0.5) is 11.4 Å². The first-order valence-corrected chi connectivity index (χ1v) is 7.94. The molecule has 1 aromatic carbocycles. The molecule has 2 heterocycles. The van der Waals surface area contributed by atoms with Gasteiger partial charge in [-0.15, -0.1) is 0 Å². The highest BCUT2D eigenvalue weighted by Gasteiger charge is 2.31. The molecule has 0 spiro atoms. The van der Waals surface area contributed by atoms with Crippen LogP contribution in [-0.4, -0.2) is 43.2 Å². The minimum Gasteiger partial charge on any atom is -0.397 e. The first kappa shape index (κ1) is 12.3. The SMILES string of the molecule is CN(c1cc2[nH]ncc2cc1N)C1CCS(=O)(=O)C1. The van der Waals surface area contributed by atoms with Crippen molar-refractivity contribution in [1.82, 2.24) is 10.2 Å². The molecule has 3 rings (SSSR count). The van der Waals surface area contributed by atoms with Crippen LogP contribution >= 0.6 is 0 Å². The number of nitrogens with two attached hydrogens (primary N) is 1. The molecule has 0 bridgehead atoms. The maximum Gasteiger partial charge on any atom is 0.152 e. The summed E-state index contributed by atoms with van der Waals surface area (Å²) in [5.74, 6) is 0.457. The summed E-state index contributed by atoms with van der Waals surface area (Å²) in [4.78, 5) is 1.96. The molecule has 1 unspecified atom stereocenters. The van der Waals surface area contributed by atoms with E-state index in [4.69, 9.17) is 5.73 Å². The minimum atomic E-state index is -2.90. The lowest BCUT2D eigenvalue weighted by molar-refractivity contribution is 0.601. The van der Waals surface area contributed by atoms with Crippen LogP contribution in [0.15, 0.2) is 18.3 Å². The monoisotopic (exact) mass is 280 g/mol. The van der Waals surface area contributed by atoms with Gasteiger partial charge in [0, 0.05) is 18.5 Å². The van der Waals surface area contributed by atoms with Gasteiger partial charge in [-0.3, -0.25) is 5.10 Å². The highest BCUT2D eigenvalue weighted by Crippen LogP contribution is 2.31. The van der Waals surface area contributed by atoms with Crippen LogP contribution in [0.5, 0.6) is 0 Å². The average molecular weight is 280 g/mol. The van der Waals surface area contributed by atoms with Crippen molar-refractivity contribution in [3.8, 4) is 0 Å². The predicted octanol–water partition coefficient (Wildman–Crippen LogP) is 0.768. The number of benzene rings is 1. The molecule has 0 amide bonds. The number of nitrogens with one attached hydrogen (secondary N) is 1. The highest BCUT2D eigenvalue weighted by molar-refractivity contribution is 7.91. The summed E-state index contributed by atoms with van der Waals surface area (Å²) in [6, 6.07) is 3.77. The molecule has 6 nitrogen and oxygen atoms in total. The van der Waals surface area contributed by atoms with E-state index >= 15 is 0 Å². The van der Waals surface area contributed by atoms with Crippen LogP contribution in [0, 0.1) is 0 Å². The van der Waals surface area contributed by atoms with E-state index < -0.39 is 9.84 Å². The van der Waals surface area contributed by atoms with Gasteiger partial charge in [-0.2, -0.15) is 5.10 Å². The fraction of sp³-hybridized carbons (Fsp3) is 0.417. The third-order valence-electron chi connectivity index (χ3n) is 3.72. The largest absolute Gasteiger partial charge is 0.397 e. The fourth-order valence-electron chi connectivity index (χ4n) is 2.58. The third-order valence-corrected chi connectivity index (χ3v) is 5.47. The van der Waals surface area contributed by atoms with Crippen LogP contribution < -0.4 is 10.6 Å². The number of nitrogen functional groups attached to an aromatic ring is 1. The lowest BCUT2D eigenvalue weighted by atomic mass is 10.1. The van der Waals surface area contributed by atoms with Gasteiger partial charge in [0.25, 0.3) is 0 Å². The van der Waals surface area contributed by atoms with Gasteiger partial charge < -0.3 is 10.6 Å². The van der Waals surface area contributed by atoms with E-state index in [2.05, 4.69) is 10.2 Å². The van der Waals surface area contributed by atoms with Crippen LogP contribution in [-0.2, 0) is 9.84 Å². The summed E-state index contributed by atoms with van der Waals surface area (Å²) in [7, 11) is -1.01. The Balaban J connectivity index is 1.97. The molecule has 2 aromatic rings. The second-order valence-electron chi connectivity index (χ2n) is 5.04. The highest BCUT2D eigenvalue weighted by atomic mass is 32.2. The number of aromatic amines is 1. The Bertz CT molecular complexity index is 722. The molecule has 1 fully saturated rings. The molecular formula is C12H16N4O2S. The van der Waals surface area contributed by atoms with Crippen LogP contribution in [0.1, 0.15) is 6.42 Å². The molecular weight excluding hydrogens is 264 g/mol. The number of fused-ring (bicyclic) bond motifs is 1. The average Bonchev–Trinajstić information content (AvgIpc) is 2.93. The topological polar surface area (TPSA) is 92.1 Å². The number of aromatic nitrogens is 2. The van der Waals surface area contributed by atoms with E-state index in [0.717, 1.165) is 16.6 Å². The summed E-state index contributed by atoms with van der Waals surface area (Å²) in [6.45, 7) is 0. The molecule has 1 aromatic heterocycles. The number of anilines is 2. The molecule has 102 valence electrons. The minimum absolute atomic E-state index is 0.00679. The quantitative estimate of drug-likeness (QED) is 0.793. The van der Waals surface area contributed by atoms with E-state index in [9.17, 15) is 8.42 Å². The molecule has 0 radical (unpaired) electrons. The maximum atomic E-state index is 11.6. The first-order valence-electron chi connectivity index (χ1n) is 6.12. The van der Waals surface area contributed by atoms with Gasteiger partial charge in [0.15, 0.2) is 9.84 Å². The van der Waals surface area contributed by atoms with Gasteiger partial charge in [0.05, 0.1) is 34.6 Å². The number of hydrogen-bond acceptors (Lipinski definition) is 5. The molecule has 3 N–H and O–H groups in total.